The fourth-order valence-electron chi connectivity index (χ4n) is 5.88. The van der Waals surface area contributed by atoms with Gasteiger partial charge in [0.15, 0.2) is 11.6 Å². The molecule has 3 aromatic heterocycles. The maximum Gasteiger partial charge on any atom is 0.393 e. The summed E-state index contributed by atoms with van der Waals surface area (Å²) in [5.41, 5.74) is 2.57. The Labute approximate surface area is 283 Å². The Balaban J connectivity index is 1.23. The summed E-state index contributed by atoms with van der Waals surface area (Å²) in [6.45, 7) is 0.545. The van der Waals surface area contributed by atoms with E-state index in [2.05, 4.69) is 20.3 Å². The van der Waals surface area contributed by atoms with E-state index in [-0.39, 0.29) is 28.5 Å². The van der Waals surface area contributed by atoms with Crippen LogP contribution < -0.4 is 19.9 Å². The molecule has 1 aliphatic rings. The SMILES string of the molecule is [B]C([B])([B])N(c1ncc(-c2ccc(CN[C@H]3C[C@@H](O)[C@@H](N(C)c4ncnc5sc(CC(F)(F)F)cc45)C3)cc2)cc1OC)C([B])([B])[B]. The Morgan fingerprint density at radius 2 is 1.64 bits per heavy atom. The Kier molecular flexibility index (Phi) is 10.1. The van der Waals surface area contributed by atoms with Crippen molar-refractivity contribution in [3.05, 3.63) is 59.4 Å². The van der Waals surface area contributed by atoms with Crippen molar-refractivity contribution >= 4 is 80.3 Å². The van der Waals surface area contributed by atoms with Gasteiger partial charge < -0.3 is 25.0 Å². The number of nitrogens with zero attached hydrogens (tertiary/aromatic N) is 5. The predicted molar refractivity (Wildman–Crippen MR) is 184 cm³/mol. The van der Waals surface area contributed by atoms with Gasteiger partial charge in [0.05, 0.1) is 78.1 Å². The lowest BCUT2D eigenvalue weighted by Crippen LogP contribution is -2.64. The molecule has 12 radical (unpaired) electrons. The molecule has 4 aromatic rings. The number of pyridine rings is 1. The molecule has 1 saturated carbocycles. The van der Waals surface area contributed by atoms with Crippen molar-refractivity contribution in [3.63, 3.8) is 0 Å². The first-order valence-corrected chi connectivity index (χ1v) is 15.4. The molecule has 0 aliphatic heterocycles. The van der Waals surface area contributed by atoms with E-state index in [0.717, 1.165) is 32.9 Å². The predicted octanol–water partition coefficient (Wildman–Crippen LogP) is 2.02. The average Bonchev–Trinajstić information content (AvgIpc) is 3.55. The molecule has 0 amide bonds. The molecule has 0 saturated heterocycles. The molecule has 3 atom stereocenters. The number of rotatable bonds is 11. The molecule has 5 rings (SSSR count). The number of halogens is 3. The van der Waals surface area contributed by atoms with E-state index in [1.807, 2.05) is 29.2 Å². The minimum absolute atomic E-state index is 0.00109. The van der Waals surface area contributed by atoms with Crippen LogP contribution in [0.15, 0.2) is 48.9 Å². The first kappa shape index (κ1) is 35.2. The van der Waals surface area contributed by atoms with Crippen LogP contribution in [0.1, 0.15) is 23.3 Å². The number of alkyl halides is 3. The zero-order chi connectivity index (χ0) is 34.3. The van der Waals surface area contributed by atoms with Gasteiger partial charge in [-0.1, -0.05) is 34.7 Å². The lowest BCUT2D eigenvalue weighted by Gasteiger charge is -2.50. The molecule has 18 heteroatoms. The highest BCUT2D eigenvalue weighted by Gasteiger charge is 2.37. The van der Waals surface area contributed by atoms with Gasteiger partial charge in [-0.3, -0.25) is 0 Å². The zero-order valence-corrected chi connectivity index (χ0v) is 26.6. The first-order chi connectivity index (χ1) is 21.9. The molecule has 0 spiro atoms. The van der Waals surface area contributed by atoms with Crippen molar-refractivity contribution in [2.24, 2.45) is 0 Å². The number of thiophene rings is 1. The van der Waals surface area contributed by atoms with Gasteiger partial charge in [-0.05, 0) is 36.1 Å². The standard InChI is InChI=1S/C29H27B6F3N6O2S/c1-43(24-20-10-19(11-27(36,37)38)47-26(20)42-14-41-24)21-8-18(9-22(21)45)39-12-15-3-5-16(6-4-15)17-7-23(46-2)25(40-13-17)44(28(30,31)32)29(33,34)35/h3-7,10,13-14,18,21-22,39,45H,8-9,11-12H2,1-2H3/t18-,21+,22-/m1/s1. The summed E-state index contributed by atoms with van der Waals surface area (Å²) in [7, 11) is 38.3. The highest BCUT2D eigenvalue weighted by molar-refractivity contribution is 7.18. The van der Waals surface area contributed by atoms with Gasteiger partial charge >= 0.3 is 6.18 Å². The largest absolute Gasteiger partial charge is 0.493 e. The number of anilines is 2. The third-order valence-electron chi connectivity index (χ3n) is 7.98. The van der Waals surface area contributed by atoms with Crippen LogP contribution in [-0.2, 0) is 13.0 Å². The molecular weight excluding hydrogens is 618 g/mol. The van der Waals surface area contributed by atoms with Crippen LogP contribution in [0.3, 0.4) is 0 Å². The summed E-state index contributed by atoms with van der Waals surface area (Å²) in [6, 6.07) is 10.7. The topological polar surface area (TPSA) is 86.6 Å². The van der Waals surface area contributed by atoms with Gasteiger partial charge in [-0.25, -0.2) is 15.0 Å². The number of aliphatic hydroxyl groups excluding tert-OH is 1. The molecule has 0 unspecified atom stereocenters. The monoisotopic (exact) mass is 646 g/mol. The van der Waals surface area contributed by atoms with Crippen molar-refractivity contribution in [1.29, 1.82) is 0 Å². The van der Waals surface area contributed by atoms with Gasteiger partial charge in [0.2, 0.25) is 0 Å². The minimum Gasteiger partial charge on any atom is -0.493 e. The molecule has 1 aliphatic carbocycles. The molecule has 1 aromatic carbocycles. The normalized spacial score (nSPS) is 18.8. The highest BCUT2D eigenvalue weighted by Crippen LogP contribution is 2.37. The molecule has 3 heterocycles. The van der Waals surface area contributed by atoms with Gasteiger partial charge in [-0.15, -0.1) is 11.3 Å². The van der Waals surface area contributed by atoms with Gasteiger partial charge in [0.1, 0.15) is 17.0 Å². The number of ether oxygens (including phenoxy) is 1. The number of methoxy groups -OCH3 is 1. The summed E-state index contributed by atoms with van der Waals surface area (Å²) in [6.07, 6.45) is -1.98. The lowest BCUT2D eigenvalue weighted by atomic mass is 9.40. The number of aliphatic hydroxyl groups is 1. The second-order valence-electron chi connectivity index (χ2n) is 11.8. The van der Waals surface area contributed by atoms with E-state index >= 15 is 0 Å². The zero-order valence-electron chi connectivity index (χ0n) is 25.8. The average molecular weight is 646 g/mol. The Morgan fingerprint density at radius 3 is 2.26 bits per heavy atom. The molecular formula is C29H27B6F3N6O2S. The van der Waals surface area contributed by atoms with Crippen molar-refractivity contribution in [2.75, 3.05) is 24.0 Å². The molecule has 230 valence electrons. The molecule has 1 fully saturated rings. The maximum absolute atomic E-state index is 13.0. The maximum atomic E-state index is 13.0. The van der Waals surface area contributed by atoms with E-state index in [0.29, 0.717) is 35.4 Å². The minimum atomic E-state index is -4.32. The van der Waals surface area contributed by atoms with E-state index in [9.17, 15) is 18.3 Å². The quantitative estimate of drug-likeness (QED) is 0.240. The van der Waals surface area contributed by atoms with E-state index in [4.69, 9.17) is 51.8 Å². The second kappa shape index (κ2) is 13.4. The Bertz CT molecular complexity index is 1690. The number of likely N-dealkylation sites (N-methyl/N-ethyl adjacent to an activating group) is 1. The second-order valence-corrected chi connectivity index (χ2v) is 12.9. The molecule has 8 nitrogen and oxygen atoms in total. The number of nitrogens with one attached hydrogen (secondary N) is 1. The van der Waals surface area contributed by atoms with E-state index < -0.39 is 29.2 Å². The van der Waals surface area contributed by atoms with Crippen molar-refractivity contribution < 1.29 is 23.0 Å². The van der Waals surface area contributed by atoms with Gasteiger partial charge in [0.25, 0.3) is 0 Å². The fourth-order valence-corrected chi connectivity index (χ4v) is 6.91. The van der Waals surface area contributed by atoms with E-state index in [1.54, 1.807) is 19.3 Å². The van der Waals surface area contributed by atoms with Crippen LogP contribution in [0.2, 0.25) is 0 Å². The third kappa shape index (κ3) is 8.14. The highest BCUT2D eigenvalue weighted by atomic mass is 32.1. The van der Waals surface area contributed by atoms with Crippen LogP contribution in [-0.4, -0.2) is 116 Å². The summed E-state index contributed by atoms with van der Waals surface area (Å²) in [4.78, 5) is 16.3. The van der Waals surface area contributed by atoms with Crippen LogP contribution in [0.25, 0.3) is 21.3 Å². The first-order valence-electron chi connectivity index (χ1n) is 14.6. The Morgan fingerprint density at radius 1 is 0.957 bits per heavy atom. The number of aromatic nitrogens is 3. The van der Waals surface area contributed by atoms with Crippen molar-refractivity contribution in [3.8, 4) is 16.9 Å². The summed E-state index contributed by atoms with van der Waals surface area (Å²) >= 11 is 0.998. The fraction of sp³-hybridized carbons (Fsp3) is 0.414. The number of hydrogen-bond acceptors (Lipinski definition) is 9. The summed E-state index contributed by atoms with van der Waals surface area (Å²) in [5, 5.41) is 10.9. The van der Waals surface area contributed by atoms with Crippen LogP contribution in [0, 0.1) is 0 Å². The van der Waals surface area contributed by atoms with Crippen LogP contribution in [0.4, 0.5) is 24.8 Å². The smallest absolute Gasteiger partial charge is 0.393 e. The molecule has 47 heavy (non-hydrogen) atoms. The number of benzene rings is 1. The molecule has 0 bridgehead atoms. The third-order valence-corrected chi connectivity index (χ3v) is 9.03. The Hall–Kier alpha value is -3.09. The van der Waals surface area contributed by atoms with Gasteiger partial charge in [-0.2, -0.15) is 13.2 Å². The molecule has 2 N–H and O–H groups in total. The lowest BCUT2D eigenvalue weighted by molar-refractivity contribution is -0.126. The summed E-state index contributed by atoms with van der Waals surface area (Å²) < 4.78 is 44.4. The van der Waals surface area contributed by atoms with Crippen LogP contribution >= 0.6 is 11.3 Å². The number of hydrogen-bond donors (Lipinski definition) is 2. The van der Waals surface area contributed by atoms with Crippen molar-refractivity contribution in [1.82, 2.24) is 20.3 Å². The summed E-state index contributed by atoms with van der Waals surface area (Å²) in [5.74, 6) is 0.798. The van der Waals surface area contributed by atoms with E-state index in [1.165, 1.54) is 19.5 Å². The number of fused-ring (bicyclic) bond motifs is 1. The van der Waals surface area contributed by atoms with Crippen LogP contribution in [0.5, 0.6) is 5.75 Å². The van der Waals surface area contributed by atoms with Gasteiger partial charge in [0, 0.05) is 36.3 Å². The van der Waals surface area contributed by atoms with Crippen molar-refractivity contribution in [2.45, 2.75) is 60.6 Å².